The van der Waals surface area contributed by atoms with Crippen molar-refractivity contribution in [1.82, 2.24) is 0 Å². The summed E-state index contributed by atoms with van der Waals surface area (Å²) < 4.78 is 10.7. The lowest BCUT2D eigenvalue weighted by Gasteiger charge is -2.10. The number of hydrogen-bond donors (Lipinski definition) is 0. The first-order chi connectivity index (χ1) is 6.36. The van der Waals surface area contributed by atoms with Crippen LogP contribution in [0.2, 0.25) is 0 Å². The summed E-state index contributed by atoms with van der Waals surface area (Å²) >= 11 is 0. The van der Waals surface area contributed by atoms with Crippen LogP contribution in [0.5, 0.6) is 5.75 Å². The third-order valence-electron chi connectivity index (χ3n) is 2.68. The zero-order valence-corrected chi connectivity index (χ0v) is 8.04. The van der Waals surface area contributed by atoms with E-state index < -0.39 is 0 Å². The molecule has 1 aromatic carbocycles. The molecule has 0 aromatic heterocycles. The third-order valence-corrected chi connectivity index (χ3v) is 2.68. The van der Waals surface area contributed by atoms with Crippen molar-refractivity contribution < 1.29 is 9.47 Å². The van der Waals surface area contributed by atoms with Crippen molar-refractivity contribution in [2.24, 2.45) is 0 Å². The van der Waals surface area contributed by atoms with Crippen LogP contribution in [-0.4, -0.2) is 14.2 Å². The number of benzene rings is 1. The van der Waals surface area contributed by atoms with Gasteiger partial charge in [-0.05, 0) is 24.5 Å². The predicted octanol–water partition coefficient (Wildman–Crippen LogP) is 2.33. The predicted molar refractivity (Wildman–Crippen MR) is 51.1 cm³/mol. The van der Waals surface area contributed by atoms with Gasteiger partial charge in [-0.3, -0.25) is 0 Å². The molecule has 0 bridgehead atoms. The van der Waals surface area contributed by atoms with E-state index in [2.05, 4.69) is 6.07 Å². The highest BCUT2D eigenvalue weighted by molar-refractivity contribution is 5.44. The SMILES string of the molecule is COc1cccc2c1CCC2OC. The Kier molecular flexibility index (Phi) is 2.23. The van der Waals surface area contributed by atoms with E-state index in [-0.39, 0.29) is 6.10 Å². The Bertz CT molecular complexity index is 307. The fourth-order valence-corrected chi connectivity index (χ4v) is 2.02. The lowest BCUT2D eigenvalue weighted by atomic mass is 10.1. The highest BCUT2D eigenvalue weighted by atomic mass is 16.5. The molecule has 1 unspecified atom stereocenters. The third kappa shape index (κ3) is 1.31. The Morgan fingerprint density at radius 3 is 2.85 bits per heavy atom. The molecule has 0 N–H and O–H groups in total. The largest absolute Gasteiger partial charge is 0.496 e. The molecule has 70 valence electrons. The van der Waals surface area contributed by atoms with Crippen molar-refractivity contribution in [1.29, 1.82) is 0 Å². The summed E-state index contributed by atoms with van der Waals surface area (Å²) in [6, 6.07) is 6.16. The molecule has 1 aromatic rings. The van der Waals surface area contributed by atoms with Crippen molar-refractivity contribution in [3.63, 3.8) is 0 Å². The maximum Gasteiger partial charge on any atom is 0.122 e. The molecule has 1 aliphatic carbocycles. The summed E-state index contributed by atoms with van der Waals surface area (Å²) in [5.41, 5.74) is 2.61. The van der Waals surface area contributed by atoms with Crippen LogP contribution in [0.1, 0.15) is 23.7 Å². The molecule has 1 aliphatic rings. The summed E-state index contributed by atoms with van der Waals surface area (Å²) in [6.07, 6.45) is 2.41. The number of ether oxygens (including phenoxy) is 2. The van der Waals surface area contributed by atoms with Gasteiger partial charge in [0.1, 0.15) is 5.75 Å². The van der Waals surface area contributed by atoms with Gasteiger partial charge in [-0.25, -0.2) is 0 Å². The first-order valence-electron chi connectivity index (χ1n) is 4.55. The smallest absolute Gasteiger partial charge is 0.122 e. The molecule has 0 radical (unpaired) electrons. The first kappa shape index (κ1) is 8.57. The summed E-state index contributed by atoms with van der Waals surface area (Å²) in [5, 5.41) is 0. The van der Waals surface area contributed by atoms with Crippen molar-refractivity contribution in [2.75, 3.05) is 14.2 Å². The lowest BCUT2D eigenvalue weighted by Crippen LogP contribution is -1.95. The highest BCUT2D eigenvalue weighted by Gasteiger charge is 2.24. The highest BCUT2D eigenvalue weighted by Crippen LogP contribution is 2.38. The van der Waals surface area contributed by atoms with Crippen LogP contribution in [0.25, 0.3) is 0 Å². The molecule has 13 heavy (non-hydrogen) atoms. The zero-order valence-electron chi connectivity index (χ0n) is 8.04. The van der Waals surface area contributed by atoms with E-state index in [9.17, 15) is 0 Å². The Labute approximate surface area is 78.5 Å². The van der Waals surface area contributed by atoms with E-state index in [4.69, 9.17) is 9.47 Å². The van der Waals surface area contributed by atoms with E-state index in [0.717, 1.165) is 18.6 Å². The van der Waals surface area contributed by atoms with Crippen molar-refractivity contribution in [3.8, 4) is 5.75 Å². The second-order valence-corrected chi connectivity index (χ2v) is 3.29. The minimum absolute atomic E-state index is 0.269. The van der Waals surface area contributed by atoms with Crippen LogP contribution < -0.4 is 4.74 Å². The van der Waals surface area contributed by atoms with Gasteiger partial charge >= 0.3 is 0 Å². The monoisotopic (exact) mass is 178 g/mol. The number of rotatable bonds is 2. The Morgan fingerprint density at radius 1 is 1.31 bits per heavy atom. The second-order valence-electron chi connectivity index (χ2n) is 3.29. The summed E-state index contributed by atoms with van der Waals surface area (Å²) in [7, 11) is 3.48. The van der Waals surface area contributed by atoms with E-state index in [1.807, 2.05) is 12.1 Å². The van der Waals surface area contributed by atoms with Gasteiger partial charge < -0.3 is 9.47 Å². The molecule has 0 fully saturated rings. The van der Waals surface area contributed by atoms with Crippen LogP contribution in [0.3, 0.4) is 0 Å². The van der Waals surface area contributed by atoms with E-state index in [1.165, 1.54) is 11.1 Å². The van der Waals surface area contributed by atoms with Gasteiger partial charge in [-0.15, -0.1) is 0 Å². The molecule has 2 nitrogen and oxygen atoms in total. The van der Waals surface area contributed by atoms with E-state index in [1.54, 1.807) is 14.2 Å². The fraction of sp³-hybridized carbons (Fsp3) is 0.455. The number of fused-ring (bicyclic) bond motifs is 1. The minimum atomic E-state index is 0.269. The molecule has 0 saturated heterocycles. The fourth-order valence-electron chi connectivity index (χ4n) is 2.02. The molecule has 0 aliphatic heterocycles. The average molecular weight is 178 g/mol. The Hall–Kier alpha value is -1.02. The molecule has 0 heterocycles. The Balaban J connectivity index is 2.43. The van der Waals surface area contributed by atoms with Gasteiger partial charge in [0, 0.05) is 12.7 Å². The lowest BCUT2D eigenvalue weighted by molar-refractivity contribution is 0.105. The molecule has 0 amide bonds. The van der Waals surface area contributed by atoms with Gasteiger partial charge in [0.05, 0.1) is 13.2 Å². The molecular formula is C11H14O2. The molecule has 2 rings (SSSR count). The summed E-state index contributed by atoms with van der Waals surface area (Å²) in [5.74, 6) is 0.997. The van der Waals surface area contributed by atoms with E-state index >= 15 is 0 Å². The van der Waals surface area contributed by atoms with Crippen molar-refractivity contribution in [3.05, 3.63) is 29.3 Å². The zero-order chi connectivity index (χ0) is 9.26. The van der Waals surface area contributed by atoms with Crippen LogP contribution in [0.4, 0.5) is 0 Å². The number of hydrogen-bond acceptors (Lipinski definition) is 2. The standard InChI is InChI=1S/C11H14O2/c1-12-10-5-3-4-8-9(10)6-7-11(8)13-2/h3-5,11H,6-7H2,1-2H3. The molecule has 0 saturated carbocycles. The van der Waals surface area contributed by atoms with Crippen molar-refractivity contribution >= 4 is 0 Å². The Morgan fingerprint density at radius 2 is 2.15 bits per heavy atom. The summed E-state index contributed by atoms with van der Waals surface area (Å²) in [6.45, 7) is 0. The maximum absolute atomic E-state index is 5.38. The molecule has 1 atom stereocenters. The first-order valence-corrected chi connectivity index (χ1v) is 4.55. The topological polar surface area (TPSA) is 18.5 Å². The van der Waals surface area contributed by atoms with Crippen LogP contribution in [0, 0.1) is 0 Å². The normalized spacial score (nSPS) is 20.0. The van der Waals surface area contributed by atoms with Crippen molar-refractivity contribution in [2.45, 2.75) is 18.9 Å². The van der Waals surface area contributed by atoms with Gasteiger partial charge in [0.25, 0.3) is 0 Å². The van der Waals surface area contributed by atoms with Crippen LogP contribution in [0.15, 0.2) is 18.2 Å². The van der Waals surface area contributed by atoms with Gasteiger partial charge in [0.2, 0.25) is 0 Å². The average Bonchev–Trinajstić information content (AvgIpc) is 2.60. The maximum atomic E-state index is 5.38. The molecular weight excluding hydrogens is 164 g/mol. The van der Waals surface area contributed by atoms with E-state index in [0.29, 0.717) is 0 Å². The summed E-state index contributed by atoms with van der Waals surface area (Å²) in [4.78, 5) is 0. The van der Waals surface area contributed by atoms with Crippen LogP contribution >= 0.6 is 0 Å². The molecule has 0 spiro atoms. The van der Waals surface area contributed by atoms with Crippen LogP contribution in [-0.2, 0) is 11.2 Å². The quantitative estimate of drug-likeness (QED) is 0.692. The van der Waals surface area contributed by atoms with Gasteiger partial charge in [0.15, 0.2) is 0 Å². The molecule has 2 heteroatoms. The van der Waals surface area contributed by atoms with Gasteiger partial charge in [-0.1, -0.05) is 12.1 Å². The number of methoxy groups -OCH3 is 2. The minimum Gasteiger partial charge on any atom is -0.496 e. The van der Waals surface area contributed by atoms with Gasteiger partial charge in [-0.2, -0.15) is 0 Å². The second kappa shape index (κ2) is 3.38.